The Bertz CT molecular complexity index is 801. The van der Waals surface area contributed by atoms with Crippen LogP contribution < -0.4 is 0 Å². The van der Waals surface area contributed by atoms with Crippen molar-refractivity contribution in [3.63, 3.8) is 0 Å². The fourth-order valence-corrected chi connectivity index (χ4v) is 2.74. The van der Waals surface area contributed by atoms with Gasteiger partial charge < -0.3 is 4.42 Å². The highest BCUT2D eigenvalue weighted by atomic mass is 35.5. The SMILES string of the molecule is ClC1=Cc2c(oc3cc4cccnc4cc23)CC1. The highest BCUT2D eigenvalue weighted by Gasteiger charge is 2.17. The van der Waals surface area contributed by atoms with E-state index in [1.807, 2.05) is 24.4 Å². The largest absolute Gasteiger partial charge is 0.460 e. The van der Waals surface area contributed by atoms with E-state index in [4.69, 9.17) is 16.0 Å². The zero-order valence-electron chi connectivity index (χ0n) is 9.61. The average molecular weight is 256 g/mol. The highest BCUT2D eigenvalue weighted by Crippen LogP contribution is 2.35. The predicted octanol–water partition coefficient (Wildman–Crippen LogP) is 4.51. The molecule has 3 aromatic rings. The molecule has 0 radical (unpaired) electrons. The van der Waals surface area contributed by atoms with Crippen LogP contribution in [0.1, 0.15) is 17.7 Å². The average Bonchev–Trinajstić information content (AvgIpc) is 2.73. The van der Waals surface area contributed by atoms with E-state index in [0.717, 1.165) is 51.1 Å². The van der Waals surface area contributed by atoms with Gasteiger partial charge >= 0.3 is 0 Å². The standard InChI is InChI=1S/C15H10ClNO/c16-10-3-4-14-11(7-10)12-8-13-9(2-1-5-17-13)6-15(12)18-14/h1-2,5-8H,3-4H2. The Morgan fingerprint density at radius 2 is 2.17 bits per heavy atom. The second kappa shape index (κ2) is 3.59. The van der Waals surface area contributed by atoms with E-state index in [1.165, 1.54) is 0 Å². The lowest BCUT2D eigenvalue weighted by atomic mass is 10.0. The quantitative estimate of drug-likeness (QED) is 0.591. The minimum Gasteiger partial charge on any atom is -0.460 e. The summed E-state index contributed by atoms with van der Waals surface area (Å²) >= 11 is 6.12. The van der Waals surface area contributed by atoms with Crippen molar-refractivity contribution in [1.29, 1.82) is 0 Å². The minimum absolute atomic E-state index is 0.867. The number of hydrogen-bond donors (Lipinski definition) is 0. The summed E-state index contributed by atoms with van der Waals surface area (Å²) in [6.07, 6.45) is 5.57. The molecule has 0 N–H and O–H groups in total. The molecule has 0 amide bonds. The molecule has 0 spiro atoms. The Morgan fingerprint density at radius 3 is 3.11 bits per heavy atom. The lowest BCUT2D eigenvalue weighted by Crippen LogP contribution is -1.91. The molecule has 1 aliphatic rings. The van der Waals surface area contributed by atoms with E-state index in [1.54, 1.807) is 0 Å². The number of hydrogen-bond acceptors (Lipinski definition) is 2. The number of allylic oxidation sites excluding steroid dienone is 1. The molecule has 1 aromatic carbocycles. The van der Waals surface area contributed by atoms with Crippen molar-refractivity contribution in [1.82, 2.24) is 4.98 Å². The van der Waals surface area contributed by atoms with Crippen LogP contribution in [0.5, 0.6) is 0 Å². The van der Waals surface area contributed by atoms with E-state index in [9.17, 15) is 0 Å². The smallest absolute Gasteiger partial charge is 0.135 e. The summed E-state index contributed by atoms with van der Waals surface area (Å²) in [7, 11) is 0. The van der Waals surface area contributed by atoms with Gasteiger partial charge in [0.15, 0.2) is 0 Å². The summed E-state index contributed by atoms with van der Waals surface area (Å²) < 4.78 is 5.92. The maximum atomic E-state index is 6.12. The molecule has 2 heterocycles. The van der Waals surface area contributed by atoms with Gasteiger partial charge in [-0.15, -0.1) is 0 Å². The molecule has 1 aliphatic carbocycles. The van der Waals surface area contributed by atoms with Gasteiger partial charge in [-0.05, 0) is 30.7 Å². The third-order valence-corrected chi connectivity index (χ3v) is 3.72. The first-order valence-corrected chi connectivity index (χ1v) is 6.35. The van der Waals surface area contributed by atoms with Crippen LogP contribution >= 0.6 is 11.6 Å². The number of aromatic nitrogens is 1. The van der Waals surface area contributed by atoms with Crippen LogP contribution in [0.3, 0.4) is 0 Å². The Morgan fingerprint density at radius 1 is 1.22 bits per heavy atom. The number of pyridine rings is 1. The predicted molar refractivity (Wildman–Crippen MR) is 73.7 cm³/mol. The molecular formula is C15H10ClNO. The third-order valence-electron chi connectivity index (χ3n) is 3.42. The van der Waals surface area contributed by atoms with Gasteiger partial charge in [-0.3, -0.25) is 4.98 Å². The van der Waals surface area contributed by atoms with E-state index < -0.39 is 0 Å². The van der Waals surface area contributed by atoms with Crippen LogP contribution in [-0.2, 0) is 6.42 Å². The zero-order valence-corrected chi connectivity index (χ0v) is 10.4. The summed E-state index contributed by atoms with van der Waals surface area (Å²) in [4.78, 5) is 4.38. The van der Waals surface area contributed by atoms with Gasteiger partial charge in [-0.2, -0.15) is 0 Å². The first kappa shape index (κ1) is 10.2. The van der Waals surface area contributed by atoms with Gasteiger partial charge in [0, 0.05) is 34.0 Å². The highest BCUT2D eigenvalue weighted by molar-refractivity contribution is 6.32. The van der Waals surface area contributed by atoms with Crippen molar-refractivity contribution in [2.24, 2.45) is 0 Å². The topological polar surface area (TPSA) is 26.0 Å². The maximum absolute atomic E-state index is 6.12. The normalized spacial score (nSPS) is 14.8. The second-order valence-corrected chi connectivity index (χ2v) is 5.06. The number of fused-ring (bicyclic) bond motifs is 4. The Balaban J connectivity index is 2.13. The monoisotopic (exact) mass is 255 g/mol. The number of benzene rings is 1. The Kier molecular flexibility index (Phi) is 2.03. The van der Waals surface area contributed by atoms with Crippen LogP contribution in [-0.4, -0.2) is 4.98 Å². The summed E-state index contributed by atoms with van der Waals surface area (Å²) in [5.41, 5.74) is 3.03. The molecule has 0 aliphatic heterocycles. The number of nitrogens with zero attached hydrogens (tertiary/aromatic N) is 1. The van der Waals surface area contributed by atoms with Crippen molar-refractivity contribution in [2.75, 3.05) is 0 Å². The number of furan rings is 1. The summed E-state index contributed by atoms with van der Waals surface area (Å²) in [5, 5.41) is 3.10. The molecule has 0 fully saturated rings. The second-order valence-electron chi connectivity index (χ2n) is 4.57. The van der Waals surface area contributed by atoms with Crippen LogP contribution in [0.25, 0.3) is 27.9 Å². The van der Waals surface area contributed by atoms with Crippen molar-refractivity contribution in [3.05, 3.63) is 46.8 Å². The lowest BCUT2D eigenvalue weighted by molar-refractivity contribution is 0.545. The van der Waals surface area contributed by atoms with Gasteiger partial charge in [0.2, 0.25) is 0 Å². The number of rotatable bonds is 0. The molecule has 2 aromatic heterocycles. The van der Waals surface area contributed by atoms with E-state index in [-0.39, 0.29) is 0 Å². The Labute approximate surface area is 109 Å². The zero-order chi connectivity index (χ0) is 12.1. The van der Waals surface area contributed by atoms with Crippen molar-refractivity contribution >= 4 is 39.5 Å². The van der Waals surface area contributed by atoms with Crippen molar-refractivity contribution in [2.45, 2.75) is 12.8 Å². The lowest BCUT2D eigenvalue weighted by Gasteiger charge is -2.05. The first-order valence-electron chi connectivity index (χ1n) is 5.97. The molecule has 0 unspecified atom stereocenters. The molecule has 4 rings (SSSR count). The summed E-state index contributed by atoms with van der Waals surface area (Å²) in [6, 6.07) is 8.12. The van der Waals surface area contributed by atoms with Gasteiger partial charge in [-0.25, -0.2) is 0 Å². The van der Waals surface area contributed by atoms with Crippen LogP contribution in [0.2, 0.25) is 0 Å². The fourth-order valence-electron chi connectivity index (χ4n) is 2.54. The van der Waals surface area contributed by atoms with Gasteiger partial charge in [0.05, 0.1) is 5.52 Å². The molecule has 0 saturated heterocycles. The molecule has 18 heavy (non-hydrogen) atoms. The van der Waals surface area contributed by atoms with Gasteiger partial charge in [-0.1, -0.05) is 17.7 Å². The van der Waals surface area contributed by atoms with Crippen LogP contribution in [0, 0.1) is 0 Å². The third kappa shape index (κ3) is 1.39. The molecule has 0 saturated carbocycles. The maximum Gasteiger partial charge on any atom is 0.135 e. The first-order chi connectivity index (χ1) is 8.81. The molecule has 3 heteroatoms. The van der Waals surface area contributed by atoms with E-state index in [0.29, 0.717) is 0 Å². The van der Waals surface area contributed by atoms with Crippen LogP contribution in [0.4, 0.5) is 0 Å². The number of aryl methyl sites for hydroxylation is 1. The van der Waals surface area contributed by atoms with Crippen molar-refractivity contribution < 1.29 is 4.42 Å². The van der Waals surface area contributed by atoms with E-state index >= 15 is 0 Å². The Hall–Kier alpha value is -1.80. The molecule has 88 valence electrons. The summed E-state index contributed by atoms with van der Waals surface area (Å²) in [6.45, 7) is 0. The summed E-state index contributed by atoms with van der Waals surface area (Å²) in [5.74, 6) is 1.03. The number of halogens is 1. The van der Waals surface area contributed by atoms with Gasteiger partial charge in [0.25, 0.3) is 0 Å². The van der Waals surface area contributed by atoms with Gasteiger partial charge in [0.1, 0.15) is 11.3 Å². The van der Waals surface area contributed by atoms with Crippen LogP contribution in [0.15, 0.2) is 39.9 Å². The fraction of sp³-hybridized carbons (Fsp3) is 0.133. The van der Waals surface area contributed by atoms with Crippen molar-refractivity contribution in [3.8, 4) is 0 Å². The van der Waals surface area contributed by atoms with E-state index in [2.05, 4.69) is 17.1 Å². The molecule has 0 bridgehead atoms. The molecule has 2 nitrogen and oxygen atoms in total. The minimum atomic E-state index is 0.867. The molecule has 0 atom stereocenters. The molecular weight excluding hydrogens is 246 g/mol.